The smallest absolute Gasteiger partial charge is 0.499 e. The van der Waals surface area contributed by atoms with Crippen LogP contribution in [0.2, 0.25) is 0 Å². The van der Waals surface area contributed by atoms with Gasteiger partial charge in [-0.2, -0.15) is 0 Å². The van der Waals surface area contributed by atoms with Gasteiger partial charge in [0.25, 0.3) is 0 Å². The molecule has 18 aromatic carbocycles. The number of benzene rings is 18. The molecule has 1 N–H and O–H groups in total. The summed E-state index contributed by atoms with van der Waals surface area (Å²) in [4.78, 5) is 4.99. The zero-order valence-corrected chi connectivity index (χ0v) is 95.4. The quantitative estimate of drug-likeness (QED) is 0.148. The van der Waals surface area contributed by atoms with Gasteiger partial charge >= 0.3 is 21.1 Å². The number of hydrogen-bond donors (Lipinski definition) is 1. The fourth-order valence-electron chi connectivity index (χ4n) is 20.1. The number of furan rings is 3. The predicted molar refractivity (Wildman–Crippen MR) is 653 cm³/mol. The van der Waals surface area contributed by atoms with E-state index in [2.05, 4.69) is 399 Å². The largest absolute Gasteiger partial charge is 0.507 e. The van der Waals surface area contributed by atoms with E-state index in [0.29, 0.717) is 5.75 Å². The summed E-state index contributed by atoms with van der Waals surface area (Å²) in [6.45, 7) is 24.6. The first-order chi connectivity index (χ1) is 72.7. The highest BCUT2D eigenvalue weighted by Gasteiger charge is 2.64. The lowest BCUT2D eigenvalue weighted by Gasteiger charge is -2.32. The van der Waals surface area contributed by atoms with Gasteiger partial charge in [0, 0.05) is 133 Å². The van der Waals surface area contributed by atoms with Gasteiger partial charge in [0.15, 0.2) is 5.58 Å². The second-order valence-corrected chi connectivity index (χ2v) is 49.2. The van der Waals surface area contributed by atoms with Gasteiger partial charge in [-0.25, -0.2) is 0 Å². The number of halogens is 6. The molecule has 28 rings (SSSR count). The number of alkyl halides is 1. The van der Waals surface area contributed by atoms with Crippen LogP contribution in [-0.2, 0) is 27.9 Å². The molecule has 0 amide bonds. The minimum Gasteiger partial charge on any atom is -0.507 e. The summed E-state index contributed by atoms with van der Waals surface area (Å²) in [6.07, 6.45) is 0. The number of rotatable bonds is 8. The summed E-state index contributed by atoms with van der Waals surface area (Å²) in [6, 6.07) is 129. The van der Waals surface area contributed by atoms with Crippen LogP contribution in [0.25, 0.3) is 213 Å². The molecule has 0 radical (unpaired) electrons. The second-order valence-electron chi connectivity index (χ2n) is 40.5. The van der Waals surface area contributed by atoms with E-state index in [1.165, 1.54) is 125 Å². The number of hydrogen-bond acceptors (Lipinski definition) is 14. The minimum atomic E-state index is -1.00. The third-order valence-electron chi connectivity index (χ3n) is 29.7. The lowest BCUT2D eigenvalue weighted by atomic mass is 9.49. The molecule has 10 heterocycles. The maximum Gasteiger partial charge on any atom is 0.499 e. The minimum absolute atomic E-state index is 0.294. The highest BCUT2D eigenvalue weighted by Crippen LogP contribution is 2.56. The van der Waals surface area contributed by atoms with Crippen molar-refractivity contribution in [2.24, 2.45) is 0 Å². The fourth-order valence-corrected chi connectivity index (χ4v) is 26.7. The molecule has 0 atom stereocenters. The van der Waals surface area contributed by atoms with Crippen molar-refractivity contribution in [2.45, 2.75) is 117 Å². The summed E-state index contributed by atoms with van der Waals surface area (Å²) in [5, 5.41) is 32.0. The van der Waals surface area contributed by atoms with Crippen LogP contribution < -0.4 is 5.46 Å². The first kappa shape index (κ1) is 101. The van der Waals surface area contributed by atoms with E-state index in [4.69, 9.17) is 42.5 Å². The fraction of sp³-hybridized carbons (Fsp3) is 0.150. The van der Waals surface area contributed by atoms with Crippen LogP contribution in [0.1, 0.15) is 84.5 Å². The van der Waals surface area contributed by atoms with Gasteiger partial charge in [-0.05, 0) is 285 Å². The molecule has 10 nitrogen and oxygen atoms in total. The van der Waals surface area contributed by atoms with Crippen LogP contribution in [0.15, 0.2) is 406 Å². The van der Waals surface area contributed by atoms with Crippen molar-refractivity contribution in [3.63, 3.8) is 0 Å². The summed E-state index contributed by atoms with van der Waals surface area (Å²) in [5.41, 5.74) is 13.1. The van der Waals surface area contributed by atoms with Gasteiger partial charge in [0.1, 0.15) is 33.7 Å². The Kier molecular flexibility index (Phi) is 28.0. The Labute approximate surface area is 929 Å². The molecule has 3 saturated heterocycles. The second kappa shape index (κ2) is 41.4. The summed E-state index contributed by atoms with van der Waals surface area (Å²) >= 11 is 25.1. The Bertz CT molecular complexity index is 9290. The van der Waals surface area contributed by atoms with Crippen LogP contribution in [-0.4, -0.2) is 67.0 Å². The number of phenolic OH excluding ortho intramolecular Hbond substituents is 1. The van der Waals surface area contributed by atoms with E-state index in [1.807, 2.05) is 162 Å². The van der Waals surface area contributed by atoms with E-state index >= 15 is 0 Å². The molecule has 3 fully saturated rings. The van der Waals surface area contributed by atoms with Gasteiger partial charge in [-0.1, -0.05) is 319 Å². The zero-order chi connectivity index (χ0) is 105. The first-order valence-corrected chi connectivity index (χ1v) is 56.7. The maximum atomic E-state index is 10.5. The molecule has 0 saturated carbocycles. The number of phenols is 1. The maximum absolute atomic E-state index is 10.5. The third kappa shape index (κ3) is 19.1. The van der Waals surface area contributed by atoms with Crippen LogP contribution in [0.4, 0.5) is 4.39 Å². The molecule has 150 heavy (non-hydrogen) atoms. The molecule has 0 spiro atoms. The average molecular weight is 2370 g/mol. The summed E-state index contributed by atoms with van der Waals surface area (Å²) in [5.74, 6) is 0.294. The summed E-state index contributed by atoms with van der Waals surface area (Å²) < 4.78 is 82.5. The highest BCUT2D eigenvalue weighted by molar-refractivity contribution is 9.11. The topological polar surface area (TPSA) is 115 Å². The Morgan fingerprint density at radius 2 is 0.553 bits per heavy atom. The Morgan fingerprint density at radius 1 is 0.273 bits per heavy atom. The molecule has 23 heteroatoms. The van der Waals surface area contributed by atoms with Crippen molar-refractivity contribution in [2.75, 3.05) is 7.15 Å². The highest BCUT2D eigenvalue weighted by atomic mass is 79.9. The third-order valence-corrected chi connectivity index (χ3v) is 37.2. The Balaban J connectivity index is 0.000000105. The molecular formula is C127H101B3Br5FO10S4. The van der Waals surface area contributed by atoms with E-state index < -0.39 is 39.5 Å². The van der Waals surface area contributed by atoms with Crippen molar-refractivity contribution in [3.05, 3.63) is 392 Å². The van der Waals surface area contributed by atoms with Crippen LogP contribution in [0.3, 0.4) is 0 Å². The average Bonchev–Trinajstić information content (AvgIpc) is 1.56. The predicted octanol–water partition coefficient (Wildman–Crippen LogP) is 40.3. The first-order valence-electron chi connectivity index (χ1n) is 50.2. The molecule has 3 aliphatic rings. The lowest BCUT2D eigenvalue weighted by molar-refractivity contribution is 0.00578. The molecule has 0 bridgehead atoms. The van der Waals surface area contributed by atoms with Gasteiger partial charge in [0.2, 0.25) is 0 Å². The standard InChI is InChI=1S/C30H25BO3S.C30H17BrOS.C24H13BrOS.C24H15BrOS.C12H24B2O4.C6H4Br2.CH3F/c1-29(2)30(3,4)34-31(33-29)27-20-13-7-6-12-19(20)25(24-17-18-11-5-10-16-23(18)35-24)26-21-14-8-9-15-22(21)32-28(26)27;31-20-15-13-18(14-16-20)27-21-8-2-3-9-22(21)28(26-17-19-7-1-6-12-25(19)33-26)29-23-10-4-5-11-24(23)32-30(27)29;25-23-16-9-3-2-8-15(16)21(20-13-14-7-1-6-12-19(14)27-20)22-17-10-4-5-11-18(17)26-24(22)23;25-20-14-19(17-9-4-5-11-21(17)26)24(18-10-3-2-8-16(18)20)23-13-15-7-1-6-12-22(15)27-23;1-9(2)10(3,4)16-13(15-9)14-17-11(5,6)12(7,8)18-14;7-5-1-2-6(8)4-3-5;1-2/h5-17H,1-4H3;1-17H;1-13H;1-14,26H;1-8H3;1-4H;1H3/i;;;;;;1D. The lowest BCUT2D eigenvalue weighted by Crippen LogP contribution is -2.41. The SMILES string of the molecule is Brc1c2ccccc2c(-c2cc3ccccc3s2)c2c1oc1ccccc12.Brc1ccc(-c2c3ccccc3c(-c3cc4ccccc4s3)c3c2oc2ccccc23)cc1.Brc1ccc(Br)cc1.CC1(C)OB(B2OC(C)(C)C(C)(C)O2)OC1(C)C.CC1(C)OB(c2c3ccccc3c(-c3cc4ccccc4s3)c3c2oc2ccccc23)OC1(C)C.Oc1ccccc1-c1cc(Br)c2ccccc2c1-c1cc2ccccc2s1.[2H]CF. The molecule has 25 aromatic rings. The Morgan fingerprint density at radius 3 is 0.953 bits per heavy atom. The molecular weight excluding hydrogens is 2260 g/mol. The van der Waals surface area contributed by atoms with Crippen LogP contribution >= 0.6 is 125 Å². The van der Waals surface area contributed by atoms with Crippen molar-refractivity contribution < 1.29 is 52.0 Å². The number of thiophene rings is 4. The van der Waals surface area contributed by atoms with E-state index in [0.717, 1.165) is 116 Å². The normalized spacial score (nSPS) is 15.3. The van der Waals surface area contributed by atoms with E-state index in [1.54, 1.807) is 17.4 Å². The molecule has 0 aliphatic carbocycles. The van der Waals surface area contributed by atoms with Crippen LogP contribution in [0, 0.1) is 0 Å². The van der Waals surface area contributed by atoms with Gasteiger partial charge in [-0.3, -0.25) is 4.39 Å². The molecule has 0 unspecified atom stereocenters. The monoisotopic (exact) mass is 2360 g/mol. The van der Waals surface area contributed by atoms with E-state index in [-0.39, 0.29) is 22.4 Å². The zero-order valence-electron chi connectivity index (χ0n) is 85.2. The van der Waals surface area contributed by atoms with Crippen molar-refractivity contribution in [1.82, 2.24) is 0 Å². The van der Waals surface area contributed by atoms with Gasteiger partial charge < -0.3 is 46.3 Å². The Hall–Kier alpha value is -11.7. The van der Waals surface area contributed by atoms with Crippen molar-refractivity contribution in [3.8, 4) is 69.8 Å². The number of para-hydroxylation sites is 4. The number of aromatic hydroxyl groups is 1. The summed E-state index contributed by atoms with van der Waals surface area (Å²) in [7, 11) is -2.48. The van der Waals surface area contributed by atoms with E-state index in [9.17, 15) is 9.50 Å². The van der Waals surface area contributed by atoms with Crippen molar-refractivity contribution >= 4 is 301 Å². The number of fused-ring (bicyclic) bond motifs is 17. The molecule has 7 aromatic heterocycles. The van der Waals surface area contributed by atoms with Crippen molar-refractivity contribution in [1.29, 1.82) is 0 Å². The van der Waals surface area contributed by atoms with Gasteiger partial charge in [-0.15, -0.1) is 45.3 Å². The molecule has 3 aliphatic heterocycles. The molecule has 744 valence electrons. The van der Waals surface area contributed by atoms with Gasteiger partial charge in [0.05, 0.1) is 46.6 Å². The van der Waals surface area contributed by atoms with Crippen LogP contribution in [0.5, 0.6) is 5.75 Å².